The fourth-order valence-electron chi connectivity index (χ4n) is 3.62. The summed E-state index contributed by atoms with van der Waals surface area (Å²) in [5.41, 5.74) is 8.07. The predicted molar refractivity (Wildman–Crippen MR) is 95.2 cm³/mol. The van der Waals surface area contributed by atoms with Crippen molar-refractivity contribution < 1.29 is 9.59 Å². The number of benzene rings is 1. The van der Waals surface area contributed by atoms with Crippen LogP contribution in [0.2, 0.25) is 5.02 Å². The van der Waals surface area contributed by atoms with Crippen LogP contribution in [0.4, 0.5) is 0 Å². The monoisotopic (exact) mass is 347 g/mol. The number of amides is 2. The lowest BCUT2D eigenvalue weighted by molar-refractivity contribution is -0.123. The highest BCUT2D eigenvalue weighted by Crippen LogP contribution is 2.30. The van der Waals surface area contributed by atoms with Gasteiger partial charge in [0.25, 0.3) is 5.91 Å². The number of fused-ring (bicyclic) bond motifs is 1. The van der Waals surface area contributed by atoms with Crippen LogP contribution in [-0.4, -0.2) is 34.4 Å². The minimum atomic E-state index is -0.268. The van der Waals surface area contributed by atoms with Gasteiger partial charge in [0.2, 0.25) is 5.91 Å². The van der Waals surface area contributed by atoms with Crippen LogP contribution in [0.1, 0.15) is 35.8 Å². The average molecular weight is 348 g/mol. The lowest BCUT2D eigenvalue weighted by atomic mass is 9.96. The standard InChI is InChI=1S/C18H22ClN3O2/c1-3-22-15-5-4-13(19)10-14(15)11(2)16(22)18(24)21-8-6-12(7-9-21)17(20)23/h4-5,10,12H,3,6-9H2,1-2H3,(H2,20,23). The summed E-state index contributed by atoms with van der Waals surface area (Å²) < 4.78 is 2.05. The third kappa shape index (κ3) is 2.77. The summed E-state index contributed by atoms with van der Waals surface area (Å²) in [6.45, 7) is 5.85. The molecular formula is C18H22ClN3O2. The van der Waals surface area contributed by atoms with Gasteiger partial charge in [-0.25, -0.2) is 0 Å². The van der Waals surface area contributed by atoms with Crippen LogP contribution < -0.4 is 5.73 Å². The average Bonchev–Trinajstić information content (AvgIpc) is 2.86. The quantitative estimate of drug-likeness (QED) is 0.927. The Kier molecular flexibility index (Phi) is 4.54. The minimum absolute atomic E-state index is 0.0181. The number of nitrogens with zero attached hydrogens (tertiary/aromatic N) is 2. The molecule has 0 unspecified atom stereocenters. The first-order valence-electron chi connectivity index (χ1n) is 8.31. The number of primary amides is 1. The highest BCUT2D eigenvalue weighted by atomic mass is 35.5. The lowest BCUT2D eigenvalue weighted by Gasteiger charge is -2.31. The van der Waals surface area contributed by atoms with E-state index in [4.69, 9.17) is 17.3 Å². The van der Waals surface area contributed by atoms with Crippen LogP contribution in [0.3, 0.4) is 0 Å². The van der Waals surface area contributed by atoms with Gasteiger partial charge in [0.05, 0.1) is 0 Å². The van der Waals surface area contributed by atoms with Gasteiger partial charge in [-0.3, -0.25) is 9.59 Å². The summed E-state index contributed by atoms with van der Waals surface area (Å²) in [4.78, 5) is 26.2. The van der Waals surface area contributed by atoms with Gasteiger partial charge in [0.15, 0.2) is 0 Å². The van der Waals surface area contributed by atoms with Gasteiger partial charge in [-0.15, -0.1) is 0 Å². The van der Waals surface area contributed by atoms with Crippen molar-refractivity contribution in [2.75, 3.05) is 13.1 Å². The maximum atomic E-state index is 13.1. The summed E-state index contributed by atoms with van der Waals surface area (Å²) in [6.07, 6.45) is 1.27. The Morgan fingerprint density at radius 1 is 1.29 bits per heavy atom. The molecule has 1 aromatic heterocycles. The Morgan fingerprint density at radius 3 is 2.54 bits per heavy atom. The number of nitrogens with two attached hydrogens (primary N) is 1. The van der Waals surface area contributed by atoms with Crippen molar-refractivity contribution in [1.82, 2.24) is 9.47 Å². The second-order valence-corrected chi connectivity index (χ2v) is 6.78. The van der Waals surface area contributed by atoms with Gasteiger partial charge in [0, 0.05) is 41.5 Å². The van der Waals surface area contributed by atoms with Gasteiger partial charge in [-0.05, 0) is 50.5 Å². The van der Waals surface area contributed by atoms with Gasteiger partial charge < -0.3 is 15.2 Å². The van der Waals surface area contributed by atoms with Crippen LogP contribution in [0.15, 0.2) is 18.2 Å². The van der Waals surface area contributed by atoms with E-state index in [1.807, 2.05) is 41.5 Å². The fraction of sp³-hybridized carbons (Fsp3) is 0.444. The van der Waals surface area contributed by atoms with E-state index in [-0.39, 0.29) is 17.7 Å². The molecule has 1 aliphatic heterocycles. The summed E-state index contributed by atoms with van der Waals surface area (Å²) in [6, 6.07) is 5.72. The van der Waals surface area contributed by atoms with E-state index in [2.05, 4.69) is 0 Å². The SMILES string of the molecule is CCn1c(C(=O)N2CCC(C(N)=O)CC2)c(C)c2cc(Cl)ccc21. The number of aryl methyl sites for hydroxylation is 2. The zero-order valence-electron chi connectivity index (χ0n) is 14.0. The molecule has 128 valence electrons. The number of rotatable bonds is 3. The molecule has 1 aromatic carbocycles. The Hall–Kier alpha value is -2.01. The van der Waals surface area contributed by atoms with Gasteiger partial charge >= 0.3 is 0 Å². The van der Waals surface area contributed by atoms with Crippen molar-refractivity contribution in [2.45, 2.75) is 33.2 Å². The van der Waals surface area contributed by atoms with Crippen molar-refractivity contribution in [3.8, 4) is 0 Å². The number of halogens is 1. The number of likely N-dealkylation sites (tertiary alicyclic amines) is 1. The molecule has 0 spiro atoms. The number of piperidine rings is 1. The molecule has 2 aromatic rings. The Morgan fingerprint density at radius 2 is 1.96 bits per heavy atom. The van der Waals surface area contributed by atoms with E-state index in [9.17, 15) is 9.59 Å². The molecule has 24 heavy (non-hydrogen) atoms. The lowest BCUT2D eigenvalue weighted by Crippen LogP contribution is -2.42. The summed E-state index contributed by atoms with van der Waals surface area (Å²) in [5.74, 6) is -0.369. The number of hydrogen-bond donors (Lipinski definition) is 1. The van der Waals surface area contributed by atoms with Crippen molar-refractivity contribution in [3.05, 3.63) is 34.5 Å². The van der Waals surface area contributed by atoms with Crippen LogP contribution in [0.5, 0.6) is 0 Å². The van der Waals surface area contributed by atoms with E-state index in [1.54, 1.807) is 0 Å². The molecule has 0 radical (unpaired) electrons. The summed E-state index contributed by atoms with van der Waals surface area (Å²) in [7, 11) is 0. The molecule has 1 aliphatic rings. The molecule has 2 heterocycles. The summed E-state index contributed by atoms with van der Waals surface area (Å²) >= 11 is 6.12. The first kappa shape index (κ1) is 16.8. The van der Waals surface area contributed by atoms with E-state index < -0.39 is 0 Å². The number of hydrogen-bond acceptors (Lipinski definition) is 2. The van der Waals surface area contributed by atoms with Crippen LogP contribution in [0.25, 0.3) is 10.9 Å². The van der Waals surface area contributed by atoms with Crippen molar-refractivity contribution >= 4 is 34.3 Å². The first-order valence-corrected chi connectivity index (χ1v) is 8.68. The highest BCUT2D eigenvalue weighted by Gasteiger charge is 2.29. The molecule has 1 fully saturated rings. The molecule has 0 bridgehead atoms. The Balaban J connectivity index is 1.96. The molecular weight excluding hydrogens is 326 g/mol. The predicted octanol–water partition coefficient (Wildman–Crippen LogP) is 2.96. The van der Waals surface area contributed by atoms with Crippen LogP contribution in [0, 0.1) is 12.8 Å². The number of aromatic nitrogens is 1. The molecule has 2 N–H and O–H groups in total. The smallest absolute Gasteiger partial charge is 0.270 e. The van der Waals surface area contributed by atoms with Crippen LogP contribution in [-0.2, 0) is 11.3 Å². The molecule has 0 atom stereocenters. The van der Waals surface area contributed by atoms with Gasteiger partial charge in [-0.2, -0.15) is 0 Å². The molecule has 2 amide bonds. The molecule has 6 heteroatoms. The van der Waals surface area contributed by atoms with Crippen LogP contribution >= 0.6 is 11.6 Å². The van der Waals surface area contributed by atoms with Gasteiger partial charge in [0.1, 0.15) is 5.69 Å². The van der Waals surface area contributed by atoms with E-state index in [0.717, 1.165) is 16.5 Å². The Labute approximate surface area is 146 Å². The topological polar surface area (TPSA) is 68.3 Å². The molecule has 5 nitrogen and oxygen atoms in total. The number of carbonyl (C=O) groups excluding carboxylic acids is 2. The molecule has 1 saturated heterocycles. The third-order valence-corrected chi connectivity index (χ3v) is 5.22. The molecule has 0 aliphatic carbocycles. The highest BCUT2D eigenvalue weighted by molar-refractivity contribution is 6.31. The third-order valence-electron chi connectivity index (χ3n) is 4.98. The Bertz CT molecular complexity index is 804. The maximum Gasteiger partial charge on any atom is 0.270 e. The van der Waals surface area contributed by atoms with Gasteiger partial charge in [-0.1, -0.05) is 11.6 Å². The van der Waals surface area contributed by atoms with E-state index in [0.29, 0.717) is 43.2 Å². The van der Waals surface area contributed by atoms with Crippen molar-refractivity contribution in [1.29, 1.82) is 0 Å². The fourth-order valence-corrected chi connectivity index (χ4v) is 3.79. The minimum Gasteiger partial charge on any atom is -0.369 e. The largest absolute Gasteiger partial charge is 0.369 e. The maximum absolute atomic E-state index is 13.1. The van der Waals surface area contributed by atoms with E-state index in [1.165, 1.54) is 0 Å². The van der Waals surface area contributed by atoms with Crippen molar-refractivity contribution in [3.63, 3.8) is 0 Å². The van der Waals surface area contributed by atoms with E-state index >= 15 is 0 Å². The zero-order valence-corrected chi connectivity index (χ0v) is 14.8. The first-order chi connectivity index (χ1) is 11.4. The molecule has 0 saturated carbocycles. The second kappa shape index (κ2) is 6.48. The zero-order chi connectivity index (χ0) is 17.4. The van der Waals surface area contributed by atoms with Crippen molar-refractivity contribution in [2.24, 2.45) is 11.7 Å². The second-order valence-electron chi connectivity index (χ2n) is 6.35. The molecule has 3 rings (SSSR count). The normalized spacial score (nSPS) is 15.9. The number of carbonyl (C=O) groups is 2. The summed E-state index contributed by atoms with van der Waals surface area (Å²) in [5, 5.41) is 1.68.